The summed E-state index contributed by atoms with van der Waals surface area (Å²) in [5, 5.41) is 3.08. The summed E-state index contributed by atoms with van der Waals surface area (Å²) in [5.41, 5.74) is 1.11. The SMILES string of the molecule is CC1CC(C)CN(C(=O)NCc2ccnc(N3CCN(C)CC3)c2)C1. The van der Waals surface area contributed by atoms with E-state index in [1.807, 2.05) is 17.2 Å². The molecule has 2 saturated heterocycles. The molecule has 3 rings (SSSR count). The van der Waals surface area contributed by atoms with E-state index in [2.05, 4.69) is 47.1 Å². The lowest BCUT2D eigenvalue weighted by atomic mass is 9.92. The summed E-state index contributed by atoms with van der Waals surface area (Å²) < 4.78 is 0. The lowest BCUT2D eigenvalue weighted by Gasteiger charge is -2.35. The van der Waals surface area contributed by atoms with Gasteiger partial charge in [-0.3, -0.25) is 0 Å². The Morgan fingerprint density at radius 3 is 2.56 bits per heavy atom. The summed E-state index contributed by atoms with van der Waals surface area (Å²) >= 11 is 0. The lowest BCUT2D eigenvalue weighted by molar-refractivity contribution is 0.146. The van der Waals surface area contributed by atoms with E-state index in [0.29, 0.717) is 18.4 Å². The minimum absolute atomic E-state index is 0.0522. The largest absolute Gasteiger partial charge is 0.354 e. The molecule has 2 atom stereocenters. The smallest absolute Gasteiger partial charge is 0.317 e. The van der Waals surface area contributed by atoms with Gasteiger partial charge in [-0.15, -0.1) is 0 Å². The number of piperidine rings is 1. The topological polar surface area (TPSA) is 51.7 Å². The number of carbonyl (C=O) groups excluding carboxylic acids is 1. The van der Waals surface area contributed by atoms with Crippen LogP contribution in [0.2, 0.25) is 0 Å². The zero-order valence-electron chi connectivity index (χ0n) is 15.7. The van der Waals surface area contributed by atoms with E-state index in [4.69, 9.17) is 0 Å². The number of hydrogen-bond donors (Lipinski definition) is 1. The van der Waals surface area contributed by atoms with Gasteiger partial charge in [0, 0.05) is 52.0 Å². The molecular formula is C19H31N5O. The number of aromatic nitrogens is 1. The first-order chi connectivity index (χ1) is 12.0. The summed E-state index contributed by atoms with van der Waals surface area (Å²) in [6.07, 6.45) is 3.06. The fraction of sp³-hybridized carbons (Fsp3) is 0.684. The maximum Gasteiger partial charge on any atom is 0.317 e. The number of urea groups is 1. The molecule has 2 aliphatic rings. The minimum atomic E-state index is 0.0522. The van der Waals surface area contributed by atoms with Crippen LogP contribution in [-0.2, 0) is 6.54 Å². The van der Waals surface area contributed by atoms with Crippen LogP contribution in [0.4, 0.5) is 10.6 Å². The van der Waals surface area contributed by atoms with Gasteiger partial charge in [0.1, 0.15) is 5.82 Å². The molecule has 2 amide bonds. The summed E-state index contributed by atoms with van der Waals surface area (Å²) in [4.78, 5) is 23.6. The van der Waals surface area contributed by atoms with Gasteiger partial charge in [0.05, 0.1) is 0 Å². The van der Waals surface area contributed by atoms with Crippen LogP contribution in [0.1, 0.15) is 25.8 Å². The maximum absolute atomic E-state index is 12.5. The molecule has 0 aromatic carbocycles. The molecule has 0 aliphatic carbocycles. The van der Waals surface area contributed by atoms with Crippen molar-refractivity contribution in [2.24, 2.45) is 11.8 Å². The number of piperazine rings is 1. The fourth-order valence-electron chi connectivity index (χ4n) is 3.90. The van der Waals surface area contributed by atoms with E-state index in [0.717, 1.165) is 50.6 Å². The van der Waals surface area contributed by atoms with E-state index < -0.39 is 0 Å². The number of amides is 2. The van der Waals surface area contributed by atoms with Crippen molar-refractivity contribution in [3.63, 3.8) is 0 Å². The zero-order valence-corrected chi connectivity index (χ0v) is 15.7. The number of rotatable bonds is 3. The maximum atomic E-state index is 12.5. The second kappa shape index (κ2) is 8.04. The number of pyridine rings is 1. The predicted molar refractivity (Wildman–Crippen MR) is 101 cm³/mol. The van der Waals surface area contributed by atoms with Crippen molar-refractivity contribution in [2.45, 2.75) is 26.8 Å². The third kappa shape index (κ3) is 4.84. The van der Waals surface area contributed by atoms with Crippen molar-refractivity contribution in [2.75, 3.05) is 51.2 Å². The third-order valence-electron chi connectivity index (χ3n) is 5.24. The van der Waals surface area contributed by atoms with Crippen LogP contribution in [-0.4, -0.2) is 67.1 Å². The number of likely N-dealkylation sites (tertiary alicyclic amines) is 1. The summed E-state index contributed by atoms with van der Waals surface area (Å²) in [6, 6.07) is 4.14. The van der Waals surface area contributed by atoms with Crippen molar-refractivity contribution in [3.05, 3.63) is 23.9 Å². The van der Waals surface area contributed by atoms with E-state index in [1.165, 1.54) is 6.42 Å². The highest BCUT2D eigenvalue weighted by Crippen LogP contribution is 2.21. The number of hydrogen-bond acceptors (Lipinski definition) is 4. The van der Waals surface area contributed by atoms with Crippen LogP contribution >= 0.6 is 0 Å². The Morgan fingerprint density at radius 1 is 1.20 bits per heavy atom. The number of anilines is 1. The Balaban J connectivity index is 1.54. The molecule has 3 heterocycles. The molecule has 0 radical (unpaired) electrons. The lowest BCUT2D eigenvalue weighted by Crippen LogP contribution is -2.47. The van der Waals surface area contributed by atoms with Crippen LogP contribution in [0.15, 0.2) is 18.3 Å². The average molecular weight is 345 g/mol. The standard InChI is InChI=1S/C19H31N5O/c1-15-10-16(2)14-24(13-15)19(25)21-12-17-4-5-20-18(11-17)23-8-6-22(3)7-9-23/h4-5,11,15-16H,6-10,12-14H2,1-3H3,(H,21,25). The minimum Gasteiger partial charge on any atom is -0.354 e. The summed E-state index contributed by atoms with van der Waals surface area (Å²) in [6.45, 7) is 10.9. The molecule has 6 nitrogen and oxygen atoms in total. The van der Waals surface area contributed by atoms with Crippen LogP contribution < -0.4 is 10.2 Å². The average Bonchev–Trinajstić information content (AvgIpc) is 2.60. The molecule has 2 aliphatic heterocycles. The van der Waals surface area contributed by atoms with Gasteiger partial charge in [-0.2, -0.15) is 0 Å². The molecule has 2 unspecified atom stereocenters. The van der Waals surface area contributed by atoms with Gasteiger partial charge in [0.15, 0.2) is 0 Å². The Hall–Kier alpha value is -1.82. The summed E-state index contributed by atoms with van der Waals surface area (Å²) in [7, 11) is 2.15. The molecule has 2 fully saturated rings. The van der Waals surface area contributed by atoms with Gasteiger partial charge in [-0.25, -0.2) is 9.78 Å². The molecule has 0 saturated carbocycles. The van der Waals surface area contributed by atoms with Crippen LogP contribution in [0.3, 0.4) is 0 Å². The van der Waals surface area contributed by atoms with Gasteiger partial charge >= 0.3 is 6.03 Å². The van der Waals surface area contributed by atoms with Gasteiger partial charge in [0.25, 0.3) is 0 Å². The first-order valence-electron chi connectivity index (χ1n) is 9.42. The number of likely N-dealkylation sites (N-methyl/N-ethyl adjacent to an activating group) is 1. The van der Waals surface area contributed by atoms with Crippen LogP contribution in [0.25, 0.3) is 0 Å². The van der Waals surface area contributed by atoms with E-state index in [1.54, 1.807) is 0 Å². The normalized spacial score (nSPS) is 25.1. The first kappa shape index (κ1) is 18.0. The molecule has 1 N–H and O–H groups in total. The quantitative estimate of drug-likeness (QED) is 0.911. The van der Waals surface area contributed by atoms with Gasteiger partial charge < -0.3 is 20.0 Å². The molecule has 138 valence electrons. The highest BCUT2D eigenvalue weighted by atomic mass is 16.2. The molecular weight excluding hydrogens is 314 g/mol. The van der Waals surface area contributed by atoms with Crippen molar-refractivity contribution >= 4 is 11.8 Å². The Morgan fingerprint density at radius 2 is 1.88 bits per heavy atom. The monoisotopic (exact) mass is 345 g/mol. The molecule has 0 spiro atoms. The van der Waals surface area contributed by atoms with Gasteiger partial charge in [-0.1, -0.05) is 13.8 Å². The van der Waals surface area contributed by atoms with Crippen molar-refractivity contribution in [3.8, 4) is 0 Å². The molecule has 25 heavy (non-hydrogen) atoms. The highest BCUT2D eigenvalue weighted by molar-refractivity contribution is 5.74. The molecule has 6 heteroatoms. The first-order valence-corrected chi connectivity index (χ1v) is 9.42. The fourth-order valence-corrected chi connectivity index (χ4v) is 3.90. The van der Waals surface area contributed by atoms with Crippen LogP contribution in [0.5, 0.6) is 0 Å². The zero-order chi connectivity index (χ0) is 17.8. The third-order valence-corrected chi connectivity index (χ3v) is 5.24. The van der Waals surface area contributed by atoms with Crippen molar-refractivity contribution in [1.29, 1.82) is 0 Å². The second-order valence-electron chi connectivity index (χ2n) is 7.82. The van der Waals surface area contributed by atoms with Crippen LogP contribution in [0, 0.1) is 11.8 Å². The predicted octanol–water partition coefficient (Wildman–Crippen LogP) is 2.02. The van der Waals surface area contributed by atoms with Crippen molar-refractivity contribution in [1.82, 2.24) is 20.1 Å². The summed E-state index contributed by atoms with van der Waals surface area (Å²) in [5.74, 6) is 2.18. The molecule has 1 aromatic rings. The number of nitrogens with one attached hydrogen (secondary N) is 1. The van der Waals surface area contributed by atoms with E-state index in [-0.39, 0.29) is 6.03 Å². The number of carbonyl (C=O) groups is 1. The van der Waals surface area contributed by atoms with Crippen molar-refractivity contribution < 1.29 is 4.79 Å². The number of nitrogens with zero attached hydrogens (tertiary/aromatic N) is 4. The Bertz CT molecular complexity index is 575. The highest BCUT2D eigenvalue weighted by Gasteiger charge is 2.25. The molecule has 0 bridgehead atoms. The van der Waals surface area contributed by atoms with E-state index >= 15 is 0 Å². The Kier molecular flexibility index (Phi) is 5.78. The second-order valence-corrected chi connectivity index (χ2v) is 7.82. The molecule has 1 aromatic heterocycles. The van der Waals surface area contributed by atoms with Gasteiger partial charge in [-0.05, 0) is 43.0 Å². The van der Waals surface area contributed by atoms with E-state index in [9.17, 15) is 4.79 Å². The van der Waals surface area contributed by atoms with Gasteiger partial charge in [0.2, 0.25) is 0 Å². The Labute approximate surface area is 151 Å².